The lowest BCUT2D eigenvalue weighted by molar-refractivity contribution is -0.133. The predicted octanol–water partition coefficient (Wildman–Crippen LogP) is 2.31. The van der Waals surface area contributed by atoms with Gasteiger partial charge in [-0.1, -0.05) is 35.9 Å². The smallest absolute Gasteiger partial charge is 0.244 e. The number of tetrazole rings is 1. The van der Waals surface area contributed by atoms with E-state index in [9.17, 15) is 19.2 Å². The van der Waals surface area contributed by atoms with Crippen LogP contribution >= 0.6 is 11.6 Å². The summed E-state index contributed by atoms with van der Waals surface area (Å²) in [4.78, 5) is 51.0. The second kappa shape index (κ2) is 12.0. The van der Waals surface area contributed by atoms with E-state index in [-0.39, 0.29) is 30.3 Å². The summed E-state index contributed by atoms with van der Waals surface area (Å²) < 4.78 is 1.42. The third-order valence-corrected chi connectivity index (χ3v) is 5.56. The van der Waals surface area contributed by atoms with E-state index in [0.29, 0.717) is 27.4 Å². The molecule has 10 nitrogen and oxygen atoms in total. The molecule has 0 radical (unpaired) electrons. The number of hydrogen-bond donors (Lipinski definition) is 1. The van der Waals surface area contributed by atoms with Gasteiger partial charge < -0.3 is 10.2 Å². The predicted molar refractivity (Wildman–Crippen MR) is 134 cm³/mol. The molecule has 3 rings (SSSR count). The number of rotatable bonds is 10. The van der Waals surface area contributed by atoms with E-state index in [0.717, 1.165) is 0 Å². The van der Waals surface area contributed by atoms with Crippen molar-refractivity contribution in [3.05, 3.63) is 76.6 Å². The van der Waals surface area contributed by atoms with Gasteiger partial charge in [-0.25, -0.2) is 0 Å². The summed E-state index contributed by atoms with van der Waals surface area (Å²) in [6.45, 7) is 1.46. The van der Waals surface area contributed by atoms with Crippen LogP contribution in [0.5, 0.6) is 0 Å². The normalized spacial score (nSPS) is 11.8. The van der Waals surface area contributed by atoms with Crippen molar-refractivity contribution < 1.29 is 19.2 Å². The van der Waals surface area contributed by atoms with Crippen molar-refractivity contribution in [2.45, 2.75) is 25.8 Å². The highest BCUT2D eigenvalue weighted by molar-refractivity contribution is 6.30. The van der Waals surface area contributed by atoms with Gasteiger partial charge in [0.1, 0.15) is 6.33 Å². The molecule has 1 heterocycles. The molecule has 2 amide bonds. The first-order valence-electron chi connectivity index (χ1n) is 11.0. The number of halogens is 1. The van der Waals surface area contributed by atoms with Gasteiger partial charge in [0.25, 0.3) is 0 Å². The molecule has 0 bridgehead atoms. The van der Waals surface area contributed by atoms with Gasteiger partial charge in [0, 0.05) is 42.7 Å². The molecule has 1 atom stereocenters. The van der Waals surface area contributed by atoms with Gasteiger partial charge in [-0.15, -0.1) is 5.10 Å². The Bertz CT molecular complexity index is 1290. The van der Waals surface area contributed by atoms with Gasteiger partial charge >= 0.3 is 0 Å². The minimum Gasteiger partial charge on any atom is -0.349 e. The average molecular weight is 509 g/mol. The number of carbonyl (C=O) groups excluding carboxylic acids is 4. The molecule has 1 N–H and O–H groups in total. The van der Waals surface area contributed by atoms with E-state index in [2.05, 4.69) is 20.8 Å². The zero-order valence-electron chi connectivity index (χ0n) is 20.0. The van der Waals surface area contributed by atoms with Crippen LogP contribution in [0.15, 0.2) is 54.9 Å². The maximum atomic E-state index is 13.0. The molecule has 0 spiro atoms. The molecule has 186 valence electrons. The Morgan fingerprint density at radius 3 is 2.44 bits per heavy atom. The van der Waals surface area contributed by atoms with Crippen molar-refractivity contribution in [2.75, 3.05) is 14.1 Å². The van der Waals surface area contributed by atoms with Crippen molar-refractivity contribution in [3.63, 3.8) is 0 Å². The molecular formula is C25H25ClN6O4. The number of hydrogen-bond acceptors (Lipinski definition) is 7. The number of nitrogens with zero attached hydrogens (tertiary/aromatic N) is 5. The highest BCUT2D eigenvalue weighted by Crippen LogP contribution is 2.20. The number of benzene rings is 2. The highest BCUT2D eigenvalue weighted by Gasteiger charge is 2.24. The summed E-state index contributed by atoms with van der Waals surface area (Å²) in [5.41, 5.74) is 2.37. The fourth-order valence-electron chi connectivity index (χ4n) is 3.31. The Morgan fingerprint density at radius 2 is 1.83 bits per heavy atom. The average Bonchev–Trinajstić information content (AvgIpc) is 3.37. The van der Waals surface area contributed by atoms with E-state index < -0.39 is 11.9 Å². The molecule has 0 saturated heterocycles. The zero-order chi connectivity index (χ0) is 26.2. The zero-order valence-corrected chi connectivity index (χ0v) is 20.8. The molecule has 0 unspecified atom stereocenters. The second-order valence-electron chi connectivity index (χ2n) is 8.24. The fraction of sp³-hybridized carbons (Fsp3) is 0.240. The fourth-order valence-corrected chi connectivity index (χ4v) is 3.49. The number of amides is 2. The number of nitrogens with one attached hydrogen (secondary N) is 1. The summed E-state index contributed by atoms with van der Waals surface area (Å²) >= 11 is 6.11. The molecular weight excluding hydrogens is 484 g/mol. The van der Waals surface area contributed by atoms with Crippen LogP contribution in [0.25, 0.3) is 11.8 Å². The monoisotopic (exact) mass is 508 g/mol. The first-order valence-corrected chi connectivity index (χ1v) is 11.4. The van der Waals surface area contributed by atoms with Gasteiger partial charge in [0.2, 0.25) is 11.8 Å². The molecule has 0 saturated carbocycles. The molecule has 0 aliphatic carbocycles. The van der Waals surface area contributed by atoms with Gasteiger partial charge in [-0.05, 0) is 47.2 Å². The standard InChI is InChI=1S/C25H25ClN6O4/c1-16(33)18-6-4-17(5-7-18)12-23(34)21(14-25(36)31(2)3)28-24(35)11-8-19-13-20(26)9-10-22(19)32-15-27-29-30-32/h4-11,13,15,21H,12,14H2,1-3H3,(H,28,35)/b11-8+/t21-/m0/s1. The third kappa shape index (κ3) is 7.16. The first-order chi connectivity index (χ1) is 17.1. The molecule has 1 aromatic heterocycles. The van der Waals surface area contributed by atoms with E-state index >= 15 is 0 Å². The SMILES string of the molecule is CC(=O)c1ccc(CC(=O)[C@H](CC(=O)N(C)C)NC(=O)/C=C/c2cc(Cl)ccc2-n2cnnn2)cc1. The van der Waals surface area contributed by atoms with Crippen molar-refractivity contribution >= 4 is 41.1 Å². The Labute approximate surface area is 212 Å². The van der Waals surface area contributed by atoms with Crippen LogP contribution in [-0.2, 0) is 20.8 Å². The lowest BCUT2D eigenvalue weighted by atomic mass is 9.99. The van der Waals surface area contributed by atoms with Crippen LogP contribution in [-0.4, -0.2) is 68.6 Å². The number of ketones is 2. The molecule has 0 fully saturated rings. The summed E-state index contributed by atoms with van der Waals surface area (Å²) in [6.07, 6.45) is 3.98. The van der Waals surface area contributed by atoms with Gasteiger partial charge in [-0.3, -0.25) is 19.2 Å². The molecule has 0 aliphatic rings. The minimum atomic E-state index is -1.04. The highest BCUT2D eigenvalue weighted by atomic mass is 35.5. The van der Waals surface area contributed by atoms with Crippen LogP contribution in [0.2, 0.25) is 5.02 Å². The largest absolute Gasteiger partial charge is 0.349 e. The Balaban J connectivity index is 1.76. The van der Waals surface area contributed by atoms with E-state index in [1.807, 2.05) is 0 Å². The minimum absolute atomic E-state index is 0.00864. The topological polar surface area (TPSA) is 127 Å². The second-order valence-corrected chi connectivity index (χ2v) is 8.68. The summed E-state index contributed by atoms with van der Waals surface area (Å²) in [6, 6.07) is 10.6. The number of carbonyl (C=O) groups is 4. The maximum absolute atomic E-state index is 13.0. The molecule has 0 aliphatic heterocycles. The Kier molecular flexibility index (Phi) is 8.80. The Morgan fingerprint density at radius 1 is 1.11 bits per heavy atom. The quantitative estimate of drug-likeness (QED) is 0.329. The van der Waals surface area contributed by atoms with Crippen LogP contribution in [0, 0.1) is 0 Å². The summed E-state index contributed by atoms with van der Waals surface area (Å²) in [5, 5.41) is 14.2. The first kappa shape index (κ1) is 26.4. The lowest BCUT2D eigenvalue weighted by Gasteiger charge is -2.19. The van der Waals surface area contributed by atoms with Crippen molar-refractivity contribution in [2.24, 2.45) is 0 Å². The van der Waals surface area contributed by atoms with Crippen molar-refractivity contribution in [1.82, 2.24) is 30.4 Å². The number of aromatic nitrogens is 4. The van der Waals surface area contributed by atoms with E-state index in [1.165, 1.54) is 35.0 Å². The van der Waals surface area contributed by atoms with Crippen LogP contribution in [0.4, 0.5) is 0 Å². The van der Waals surface area contributed by atoms with Crippen molar-refractivity contribution in [1.29, 1.82) is 0 Å². The van der Waals surface area contributed by atoms with Gasteiger partial charge in [0.05, 0.1) is 18.2 Å². The maximum Gasteiger partial charge on any atom is 0.244 e. The summed E-state index contributed by atoms with van der Waals surface area (Å²) in [7, 11) is 3.15. The van der Waals surface area contributed by atoms with E-state index in [1.54, 1.807) is 56.6 Å². The molecule has 2 aromatic carbocycles. The Hall–Kier alpha value is -4.18. The molecule has 11 heteroatoms. The van der Waals surface area contributed by atoms with Gasteiger partial charge in [0.15, 0.2) is 11.6 Å². The summed E-state index contributed by atoms with van der Waals surface area (Å²) in [5.74, 6) is -1.28. The lowest BCUT2D eigenvalue weighted by Crippen LogP contribution is -2.44. The van der Waals surface area contributed by atoms with E-state index in [4.69, 9.17) is 11.6 Å². The third-order valence-electron chi connectivity index (χ3n) is 5.32. The van der Waals surface area contributed by atoms with Gasteiger partial charge in [-0.2, -0.15) is 4.68 Å². The number of Topliss-reactive ketones (excluding diaryl/α,β-unsaturated/α-hetero) is 2. The van der Waals surface area contributed by atoms with Crippen LogP contribution in [0.1, 0.15) is 34.8 Å². The molecule has 3 aromatic rings. The van der Waals surface area contributed by atoms with Crippen LogP contribution < -0.4 is 5.32 Å². The van der Waals surface area contributed by atoms with Crippen molar-refractivity contribution in [3.8, 4) is 5.69 Å². The molecule has 36 heavy (non-hydrogen) atoms. The van der Waals surface area contributed by atoms with Crippen LogP contribution in [0.3, 0.4) is 0 Å².